The molecule has 2 heterocycles. The Labute approximate surface area is 139 Å². The Morgan fingerprint density at radius 2 is 1.91 bits per heavy atom. The molecule has 4 N–H and O–H groups in total. The highest BCUT2D eigenvalue weighted by molar-refractivity contribution is 6.04. The average Bonchev–Trinajstić information content (AvgIpc) is 2.99. The number of hydrogen-bond donors (Lipinski definition) is 4. The SMILES string of the molecule is CNC(=O)c1ccc(NC(=O)c2n[nH]c3c2CNCC3)cc1.Cl. The Morgan fingerprint density at radius 1 is 1.17 bits per heavy atom. The lowest BCUT2D eigenvalue weighted by atomic mass is 10.1. The molecule has 23 heavy (non-hydrogen) atoms. The number of amides is 2. The van der Waals surface area contributed by atoms with Gasteiger partial charge in [0.05, 0.1) is 0 Å². The summed E-state index contributed by atoms with van der Waals surface area (Å²) in [6, 6.07) is 6.71. The largest absolute Gasteiger partial charge is 0.355 e. The summed E-state index contributed by atoms with van der Waals surface area (Å²) in [6.45, 7) is 1.53. The Morgan fingerprint density at radius 3 is 2.61 bits per heavy atom. The van der Waals surface area contributed by atoms with E-state index in [4.69, 9.17) is 0 Å². The fourth-order valence-electron chi connectivity index (χ4n) is 2.45. The quantitative estimate of drug-likeness (QED) is 0.674. The van der Waals surface area contributed by atoms with Gasteiger partial charge in [0.2, 0.25) is 0 Å². The number of nitrogens with one attached hydrogen (secondary N) is 4. The molecule has 0 saturated heterocycles. The van der Waals surface area contributed by atoms with Gasteiger partial charge < -0.3 is 16.0 Å². The molecule has 7 nitrogen and oxygen atoms in total. The van der Waals surface area contributed by atoms with Gasteiger partial charge in [-0.3, -0.25) is 14.7 Å². The van der Waals surface area contributed by atoms with Crippen LogP contribution in [-0.4, -0.2) is 35.6 Å². The first-order chi connectivity index (χ1) is 10.7. The van der Waals surface area contributed by atoms with Crippen molar-refractivity contribution in [3.8, 4) is 0 Å². The van der Waals surface area contributed by atoms with Crippen molar-refractivity contribution in [1.29, 1.82) is 0 Å². The van der Waals surface area contributed by atoms with Crippen LogP contribution in [0.5, 0.6) is 0 Å². The minimum absolute atomic E-state index is 0. The first kappa shape index (κ1) is 17.0. The number of aromatic amines is 1. The first-order valence-electron chi connectivity index (χ1n) is 7.09. The van der Waals surface area contributed by atoms with Gasteiger partial charge in [0, 0.05) is 49.1 Å². The van der Waals surface area contributed by atoms with E-state index in [1.807, 2.05) is 0 Å². The highest BCUT2D eigenvalue weighted by Crippen LogP contribution is 2.17. The standard InChI is InChI=1S/C15H17N5O2.ClH/c1-16-14(21)9-2-4-10(5-3-9)18-15(22)13-11-8-17-7-6-12(11)19-20-13;/h2-5,17H,6-8H2,1H3,(H,16,21)(H,18,22)(H,19,20);1H. The van der Waals surface area contributed by atoms with E-state index in [1.54, 1.807) is 31.3 Å². The molecule has 0 fully saturated rings. The predicted octanol–water partition coefficient (Wildman–Crippen LogP) is 1.09. The summed E-state index contributed by atoms with van der Waals surface area (Å²) in [5.41, 5.74) is 3.52. The number of rotatable bonds is 3. The molecule has 1 aromatic carbocycles. The molecular formula is C15H18ClN5O2. The monoisotopic (exact) mass is 335 g/mol. The van der Waals surface area contributed by atoms with Crippen LogP contribution in [0.4, 0.5) is 5.69 Å². The van der Waals surface area contributed by atoms with E-state index in [1.165, 1.54) is 0 Å². The molecule has 0 unspecified atom stereocenters. The molecule has 1 aromatic heterocycles. The molecule has 122 valence electrons. The topological polar surface area (TPSA) is 98.9 Å². The Bertz CT molecular complexity index is 711. The van der Waals surface area contributed by atoms with Crippen molar-refractivity contribution in [3.63, 3.8) is 0 Å². The number of nitrogens with zero attached hydrogens (tertiary/aromatic N) is 1. The predicted molar refractivity (Wildman–Crippen MR) is 89.0 cm³/mol. The van der Waals surface area contributed by atoms with Gasteiger partial charge in [-0.15, -0.1) is 12.4 Å². The van der Waals surface area contributed by atoms with E-state index in [2.05, 4.69) is 26.1 Å². The number of fused-ring (bicyclic) bond motifs is 1. The minimum Gasteiger partial charge on any atom is -0.355 e. The van der Waals surface area contributed by atoms with Crippen molar-refractivity contribution in [2.24, 2.45) is 0 Å². The highest BCUT2D eigenvalue weighted by Gasteiger charge is 2.21. The van der Waals surface area contributed by atoms with Crippen LogP contribution in [0.3, 0.4) is 0 Å². The molecule has 3 rings (SSSR count). The second-order valence-corrected chi connectivity index (χ2v) is 5.07. The number of H-pyrrole nitrogens is 1. The van der Waals surface area contributed by atoms with Gasteiger partial charge in [-0.05, 0) is 24.3 Å². The van der Waals surface area contributed by atoms with Gasteiger partial charge in [-0.2, -0.15) is 5.10 Å². The van der Waals surface area contributed by atoms with Gasteiger partial charge in [0.15, 0.2) is 5.69 Å². The number of halogens is 1. The smallest absolute Gasteiger partial charge is 0.276 e. The summed E-state index contributed by atoms with van der Waals surface area (Å²) in [5.74, 6) is -0.417. The van der Waals surface area contributed by atoms with Crippen molar-refractivity contribution in [2.75, 3.05) is 18.9 Å². The van der Waals surface area contributed by atoms with E-state index in [-0.39, 0.29) is 24.2 Å². The van der Waals surface area contributed by atoms with Gasteiger partial charge in [-0.1, -0.05) is 0 Å². The minimum atomic E-state index is -0.256. The zero-order valence-electron chi connectivity index (χ0n) is 12.6. The number of hydrogen-bond acceptors (Lipinski definition) is 4. The van der Waals surface area contributed by atoms with Gasteiger partial charge in [-0.25, -0.2) is 0 Å². The molecule has 2 aromatic rings. The molecule has 0 radical (unpaired) electrons. The van der Waals surface area contributed by atoms with Crippen molar-refractivity contribution in [1.82, 2.24) is 20.8 Å². The van der Waals surface area contributed by atoms with Crippen molar-refractivity contribution < 1.29 is 9.59 Å². The average molecular weight is 336 g/mol. The fourth-order valence-corrected chi connectivity index (χ4v) is 2.45. The van der Waals surface area contributed by atoms with Crippen LogP contribution in [0.2, 0.25) is 0 Å². The van der Waals surface area contributed by atoms with Crippen molar-refractivity contribution >= 4 is 29.9 Å². The van der Waals surface area contributed by atoms with E-state index in [0.717, 1.165) is 24.2 Å². The van der Waals surface area contributed by atoms with Crippen molar-refractivity contribution in [3.05, 3.63) is 46.8 Å². The van der Waals surface area contributed by atoms with Crippen LogP contribution >= 0.6 is 12.4 Å². The lowest BCUT2D eigenvalue weighted by Crippen LogP contribution is -2.25. The summed E-state index contributed by atoms with van der Waals surface area (Å²) in [7, 11) is 1.58. The lowest BCUT2D eigenvalue weighted by molar-refractivity contribution is 0.0962. The molecule has 0 bridgehead atoms. The van der Waals surface area contributed by atoms with E-state index < -0.39 is 0 Å². The zero-order chi connectivity index (χ0) is 15.5. The molecule has 1 aliphatic rings. The van der Waals surface area contributed by atoms with E-state index >= 15 is 0 Å². The summed E-state index contributed by atoms with van der Waals surface area (Å²) >= 11 is 0. The maximum atomic E-state index is 12.3. The number of benzene rings is 1. The second-order valence-electron chi connectivity index (χ2n) is 5.07. The Balaban J connectivity index is 0.00000192. The second kappa shape index (κ2) is 7.26. The maximum Gasteiger partial charge on any atom is 0.276 e. The summed E-state index contributed by atoms with van der Waals surface area (Å²) in [6.07, 6.45) is 0.844. The Hall–Kier alpha value is -2.38. The number of carbonyl (C=O) groups is 2. The molecule has 0 saturated carbocycles. The van der Waals surface area contributed by atoms with E-state index in [9.17, 15) is 9.59 Å². The normalized spacial score (nSPS) is 12.7. The maximum absolute atomic E-state index is 12.3. The highest BCUT2D eigenvalue weighted by atomic mass is 35.5. The number of anilines is 1. The molecule has 1 aliphatic heterocycles. The lowest BCUT2D eigenvalue weighted by Gasteiger charge is -2.12. The van der Waals surface area contributed by atoms with E-state index in [0.29, 0.717) is 23.5 Å². The third-order valence-electron chi connectivity index (χ3n) is 3.65. The molecule has 8 heteroatoms. The molecular weight excluding hydrogens is 318 g/mol. The van der Waals surface area contributed by atoms with Crippen LogP contribution < -0.4 is 16.0 Å². The van der Waals surface area contributed by atoms with Crippen LogP contribution in [0.1, 0.15) is 32.1 Å². The number of carbonyl (C=O) groups excluding carboxylic acids is 2. The van der Waals surface area contributed by atoms with Crippen LogP contribution in [0, 0.1) is 0 Å². The third kappa shape index (κ3) is 3.52. The van der Waals surface area contributed by atoms with Crippen LogP contribution in [0.15, 0.2) is 24.3 Å². The van der Waals surface area contributed by atoms with Crippen molar-refractivity contribution in [2.45, 2.75) is 13.0 Å². The molecule has 0 spiro atoms. The number of aromatic nitrogens is 2. The Kier molecular flexibility index (Phi) is 5.36. The molecule has 0 atom stereocenters. The van der Waals surface area contributed by atoms with Gasteiger partial charge >= 0.3 is 0 Å². The van der Waals surface area contributed by atoms with Gasteiger partial charge in [0.25, 0.3) is 11.8 Å². The zero-order valence-corrected chi connectivity index (χ0v) is 13.4. The summed E-state index contributed by atoms with van der Waals surface area (Å²) in [4.78, 5) is 23.8. The first-order valence-corrected chi connectivity index (χ1v) is 7.09. The fraction of sp³-hybridized carbons (Fsp3) is 0.267. The summed E-state index contributed by atoms with van der Waals surface area (Å²) in [5, 5.41) is 15.6. The summed E-state index contributed by atoms with van der Waals surface area (Å²) < 4.78 is 0. The third-order valence-corrected chi connectivity index (χ3v) is 3.65. The molecule has 0 aliphatic carbocycles. The van der Waals surface area contributed by atoms with Crippen LogP contribution in [0.25, 0.3) is 0 Å². The van der Waals surface area contributed by atoms with Gasteiger partial charge in [0.1, 0.15) is 0 Å². The van der Waals surface area contributed by atoms with Crippen LogP contribution in [-0.2, 0) is 13.0 Å². The molecule has 2 amide bonds.